The number of para-hydroxylation sites is 1. The van der Waals surface area contributed by atoms with Crippen LogP contribution >= 0.6 is 35.0 Å². The molecule has 0 fully saturated rings. The quantitative estimate of drug-likeness (QED) is 0.127. The van der Waals surface area contributed by atoms with Crippen molar-refractivity contribution < 1.29 is 14.4 Å². The number of thioether (sulfide) groups is 1. The number of hydrogen-bond acceptors (Lipinski definition) is 4. The van der Waals surface area contributed by atoms with Crippen molar-refractivity contribution in [1.29, 1.82) is 0 Å². The average Bonchev–Trinajstić information content (AvgIpc) is 2.98. The van der Waals surface area contributed by atoms with Gasteiger partial charge in [-0.05, 0) is 67.1 Å². The average molecular weight is 605 g/mol. The molecule has 0 saturated heterocycles. The largest absolute Gasteiger partial charge is 0.325 e. The molecule has 0 aliphatic rings. The van der Waals surface area contributed by atoms with Gasteiger partial charge < -0.3 is 16.0 Å². The summed E-state index contributed by atoms with van der Waals surface area (Å²) in [6, 6.07) is 30.0. The first kappa shape index (κ1) is 29.9. The van der Waals surface area contributed by atoms with Crippen molar-refractivity contribution in [1.82, 2.24) is 5.32 Å². The number of hydrogen-bond donors (Lipinski definition) is 3. The molecule has 9 heteroatoms. The van der Waals surface area contributed by atoms with E-state index in [1.807, 2.05) is 43.3 Å². The Bertz CT molecular complexity index is 1540. The van der Waals surface area contributed by atoms with Crippen LogP contribution in [0.25, 0.3) is 6.08 Å². The van der Waals surface area contributed by atoms with Gasteiger partial charge in [0.2, 0.25) is 5.91 Å². The molecule has 1 unspecified atom stereocenters. The summed E-state index contributed by atoms with van der Waals surface area (Å²) in [7, 11) is 0. The first-order chi connectivity index (χ1) is 19.8. The lowest BCUT2D eigenvalue weighted by atomic mass is 10.1. The number of rotatable bonds is 10. The molecule has 41 heavy (non-hydrogen) atoms. The fraction of sp³-hybridized carbons (Fsp3) is 0.0938. The molecule has 208 valence electrons. The molecule has 0 saturated carbocycles. The van der Waals surface area contributed by atoms with Crippen LogP contribution in [0, 0.1) is 0 Å². The van der Waals surface area contributed by atoms with Gasteiger partial charge in [-0.2, -0.15) is 0 Å². The van der Waals surface area contributed by atoms with Crippen molar-refractivity contribution in [3.05, 3.63) is 130 Å². The molecule has 4 aromatic carbocycles. The van der Waals surface area contributed by atoms with E-state index in [0.29, 0.717) is 33.3 Å². The maximum absolute atomic E-state index is 13.5. The van der Waals surface area contributed by atoms with E-state index in [1.165, 1.54) is 17.8 Å². The molecule has 0 aliphatic carbocycles. The summed E-state index contributed by atoms with van der Waals surface area (Å²) >= 11 is 14.1. The molecule has 3 amide bonds. The molecule has 0 aromatic heterocycles. The molecule has 0 heterocycles. The number of nitrogens with one attached hydrogen (secondary N) is 3. The van der Waals surface area contributed by atoms with Crippen molar-refractivity contribution >= 4 is 70.1 Å². The van der Waals surface area contributed by atoms with Gasteiger partial charge in [-0.25, -0.2) is 0 Å². The molecule has 3 N–H and O–H groups in total. The third-order valence-corrected chi connectivity index (χ3v) is 7.91. The Morgan fingerprint density at radius 1 is 0.780 bits per heavy atom. The molecule has 1 atom stereocenters. The van der Waals surface area contributed by atoms with Gasteiger partial charge in [-0.3, -0.25) is 14.4 Å². The Balaban J connectivity index is 1.53. The fourth-order valence-corrected chi connectivity index (χ4v) is 5.33. The van der Waals surface area contributed by atoms with Gasteiger partial charge in [0.1, 0.15) is 5.70 Å². The van der Waals surface area contributed by atoms with Gasteiger partial charge in [0, 0.05) is 37.4 Å². The van der Waals surface area contributed by atoms with Crippen molar-refractivity contribution in [2.45, 2.75) is 23.5 Å². The van der Waals surface area contributed by atoms with Crippen LogP contribution in [-0.4, -0.2) is 23.0 Å². The number of benzene rings is 4. The monoisotopic (exact) mass is 603 g/mol. The van der Waals surface area contributed by atoms with Crippen LogP contribution in [-0.2, 0) is 9.59 Å². The maximum Gasteiger partial charge on any atom is 0.272 e. The zero-order valence-electron chi connectivity index (χ0n) is 22.1. The SMILES string of the molecule is CCC(Sc1cccc(NC(=O)/C(=C\c2c(Cl)cccc2Cl)NC(=O)c2ccccc2)c1)C(=O)Nc1ccccc1. The standard InChI is InChI=1S/C32H27Cl2N3O3S/c1-2-29(32(40)35-22-13-7-4-8-14-22)41-24-16-9-15-23(19-24)36-31(39)28(20-25-26(33)17-10-18-27(25)34)37-30(38)21-11-5-3-6-12-21/h3-20,29H,2H2,1H3,(H,35,40)(H,36,39)(H,37,38)/b28-20+. The summed E-state index contributed by atoms with van der Waals surface area (Å²) < 4.78 is 0. The second-order valence-electron chi connectivity index (χ2n) is 8.87. The van der Waals surface area contributed by atoms with E-state index in [2.05, 4.69) is 16.0 Å². The van der Waals surface area contributed by atoms with Gasteiger partial charge >= 0.3 is 0 Å². The Kier molecular flexibility index (Phi) is 10.6. The van der Waals surface area contributed by atoms with Crippen LogP contribution < -0.4 is 16.0 Å². The predicted octanol–water partition coefficient (Wildman–Crippen LogP) is 7.91. The van der Waals surface area contributed by atoms with Gasteiger partial charge in [-0.15, -0.1) is 11.8 Å². The van der Waals surface area contributed by atoms with Crippen molar-refractivity contribution in [2.75, 3.05) is 10.6 Å². The Morgan fingerprint density at radius 2 is 1.39 bits per heavy atom. The predicted molar refractivity (Wildman–Crippen MR) is 168 cm³/mol. The molecule has 4 rings (SSSR count). The van der Waals surface area contributed by atoms with Crippen LogP contribution in [0.1, 0.15) is 29.3 Å². The normalized spacial score (nSPS) is 11.8. The second kappa shape index (κ2) is 14.6. The Labute approximate surface area is 253 Å². The van der Waals surface area contributed by atoms with E-state index in [1.54, 1.807) is 66.7 Å². The zero-order chi connectivity index (χ0) is 29.2. The highest BCUT2D eigenvalue weighted by atomic mass is 35.5. The summed E-state index contributed by atoms with van der Waals surface area (Å²) in [4.78, 5) is 40.1. The van der Waals surface area contributed by atoms with Crippen LogP contribution in [0.15, 0.2) is 114 Å². The molecule has 0 aliphatic heterocycles. The summed E-state index contributed by atoms with van der Waals surface area (Å²) in [6.45, 7) is 1.94. The maximum atomic E-state index is 13.5. The van der Waals surface area contributed by atoms with E-state index in [4.69, 9.17) is 23.2 Å². The van der Waals surface area contributed by atoms with E-state index in [-0.39, 0.29) is 16.9 Å². The Morgan fingerprint density at radius 3 is 2.05 bits per heavy atom. The first-order valence-electron chi connectivity index (χ1n) is 12.8. The molecule has 4 aromatic rings. The van der Waals surface area contributed by atoms with Crippen LogP contribution in [0.2, 0.25) is 10.0 Å². The molecule has 0 bridgehead atoms. The second-order valence-corrected chi connectivity index (χ2v) is 11.0. The van der Waals surface area contributed by atoms with Crippen LogP contribution in [0.5, 0.6) is 0 Å². The molecular formula is C32H27Cl2N3O3S. The zero-order valence-corrected chi connectivity index (χ0v) is 24.4. The summed E-state index contributed by atoms with van der Waals surface area (Å²) in [5.74, 6) is -1.14. The third kappa shape index (κ3) is 8.47. The van der Waals surface area contributed by atoms with Gasteiger partial charge in [0.15, 0.2) is 0 Å². The number of carbonyl (C=O) groups is 3. The highest BCUT2D eigenvalue weighted by Gasteiger charge is 2.20. The van der Waals surface area contributed by atoms with Crippen molar-refractivity contribution in [3.63, 3.8) is 0 Å². The van der Waals surface area contributed by atoms with E-state index < -0.39 is 11.8 Å². The lowest BCUT2D eigenvalue weighted by Crippen LogP contribution is -2.30. The highest BCUT2D eigenvalue weighted by molar-refractivity contribution is 8.00. The smallest absolute Gasteiger partial charge is 0.272 e. The van der Waals surface area contributed by atoms with E-state index in [9.17, 15) is 14.4 Å². The number of anilines is 2. The molecular weight excluding hydrogens is 577 g/mol. The first-order valence-corrected chi connectivity index (χ1v) is 14.4. The summed E-state index contributed by atoms with van der Waals surface area (Å²) in [5.41, 5.74) is 1.96. The van der Waals surface area contributed by atoms with Gasteiger partial charge in [-0.1, -0.05) is 78.7 Å². The minimum absolute atomic E-state index is 0.0411. The minimum atomic E-state index is -0.568. The highest BCUT2D eigenvalue weighted by Crippen LogP contribution is 2.30. The number of amides is 3. The number of carbonyl (C=O) groups excluding carboxylic acids is 3. The van der Waals surface area contributed by atoms with Crippen LogP contribution in [0.3, 0.4) is 0 Å². The minimum Gasteiger partial charge on any atom is -0.325 e. The summed E-state index contributed by atoms with van der Waals surface area (Å²) in [5, 5.41) is 8.78. The van der Waals surface area contributed by atoms with Crippen LogP contribution in [0.4, 0.5) is 11.4 Å². The van der Waals surface area contributed by atoms with Crippen molar-refractivity contribution in [2.24, 2.45) is 0 Å². The number of halogens is 2. The van der Waals surface area contributed by atoms with E-state index in [0.717, 1.165) is 10.6 Å². The molecule has 6 nitrogen and oxygen atoms in total. The lowest BCUT2D eigenvalue weighted by Gasteiger charge is -2.16. The lowest BCUT2D eigenvalue weighted by molar-refractivity contribution is -0.116. The van der Waals surface area contributed by atoms with Crippen molar-refractivity contribution in [3.8, 4) is 0 Å². The molecule has 0 radical (unpaired) electrons. The topological polar surface area (TPSA) is 87.3 Å². The van der Waals surface area contributed by atoms with Gasteiger partial charge in [0.05, 0.1) is 5.25 Å². The van der Waals surface area contributed by atoms with Gasteiger partial charge in [0.25, 0.3) is 11.8 Å². The Hall–Kier alpha value is -4.04. The fourth-order valence-electron chi connectivity index (χ4n) is 3.81. The third-order valence-electron chi connectivity index (χ3n) is 5.89. The molecule has 0 spiro atoms. The van der Waals surface area contributed by atoms with E-state index >= 15 is 0 Å². The summed E-state index contributed by atoms with van der Waals surface area (Å²) in [6.07, 6.45) is 2.05.